The first-order valence-corrected chi connectivity index (χ1v) is 5.55. The zero-order chi connectivity index (χ0) is 9.97. The second-order valence-electron chi connectivity index (χ2n) is 4.28. The van der Waals surface area contributed by atoms with Gasteiger partial charge in [0.25, 0.3) is 0 Å². The molecule has 1 amide bonds. The van der Waals surface area contributed by atoms with Crippen LogP contribution in [0, 0.1) is 0 Å². The van der Waals surface area contributed by atoms with Crippen LogP contribution in [0.4, 0.5) is 0 Å². The van der Waals surface area contributed by atoms with Crippen LogP contribution in [-0.2, 0) is 4.79 Å². The van der Waals surface area contributed by atoms with Crippen LogP contribution in [0.2, 0.25) is 0 Å². The molecule has 2 aliphatic rings. The van der Waals surface area contributed by atoms with Crippen LogP contribution in [0.25, 0.3) is 0 Å². The molecule has 0 saturated carbocycles. The lowest BCUT2D eigenvalue weighted by atomic mass is 10.0. The minimum absolute atomic E-state index is 0.0121. The van der Waals surface area contributed by atoms with Crippen molar-refractivity contribution < 1.29 is 4.79 Å². The Labute approximate surface area is 84.8 Å². The van der Waals surface area contributed by atoms with Crippen LogP contribution < -0.4 is 11.1 Å². The third kappa shape index (κ3) is 1.91. The van der Waals surface area contributed by atoms with E-state index in [4.69, 9.17) is 5.73 Å². The van der Waals surface area contributed by atoms with E-state index in [1.807, 2.05) is 0 Å². The highest BCUT2D eigenvalue weighted by molar-refractivity contribution is 5.80. The van der Waals surface area contributed by atoms with E-state index < -0.39 is 0 Å². The van der Waals surface area contributed by atoms with Gasteiger partial charge in [0, 0.05) is 6.04 Å². The largest absolute Gasteiger partial charge is 0.368 e. The third-order valence-electron chi connectivity index (χ3n) is 3.40. The summed E-state index contributed by atoms with van der Waals surface area (Å²) >= 11 is 0. The van der Waals surface area contributed by atoms with E-state index in [-0.39, 0.29) is 11.9 Å². The van der Waals surface area contributed by atoms with Gasteiger partial charge in [0.15, 0.2) is 0 Å². The molecular formula is C10H19N3O. The molecule has 3 N–H and O–H groups in total. The van der Waals surface area contributed by atoms with E-state index >= 15 is 0 Å². The Morgan fingerprint density at radius 3 is 2.64 bits per heavy atom. The van der Waals surface area contributed by atoms with Gasteiger partial charge in [-0.3, -0.25) is 9.69 Å². The Kier molecular flexibility index (Phi) is 3.03. The topological polar surface area (TPSA) is 58.4 Å². The monoisotopic (exact) mass is 197 g/mol. The fourth-order valence-electron chi connectivity index (χ4n) is 2.67. The number of nitrogens with one attached hydrogen (secondary N) is 1. The summed E-state index contributed by atoms with van der Waals surface area (Å²) in [6, 6.07) is 0.592. The molecule has 2 saturated heterocycles. The summed E-state index contributed by atoms with van der Waals surface area (Å²) in [4.78, 5) is 13.5. The maximum Gasteiger partial charge on any atom is 0.234 e. The van der Waals surface area contributed by atoms with Crippen molar-refractivity contribution in [1.82, 2.24) is 10.2 Å². The molecule has 1 atom stereocenters. The number of carbonyl (C=O) groups is 1. The average molecular weight is 197 g/mol. The number of carbonyl (C=O) groups excluding carboxylic acids is 1. The molecule has 0 bridgehead atoms. The van der Waals surface area contributed by atoms with E-state index in [9.17, 15) is 4.79 Å². The second kappa shape index (κ2) is 4.28. The van der Waals surface area contributed by atoms with Gasteiger partial charge in [-0.2, -0.15) is 0 Å². The molecule has 14 heavy (non-hydrogen) atoms. The Bertz CT molecular complexity index is 213. The number of nitrogens with zero attached hydrogens (tertiary/aromatic N) is 1. The first kappa shape index (κ1) is 9.93. The molecule has 0 spiro atoms. The first-order chi connectivity index (χ1) is 6.79. The lowest BCUT2D eigenvalue weighted by Crippen LogP contribution is -2.49. The van der Waals surface area contributed by atoms with E-state index in [1.54, 1.807) is 0 Å². The summed E-state index contributed by atoms with van der Waals surface area (Å²) in [6.45, 7) is 3.21. The van der Waals surface area contributed by atoms with E-state index in [0.29, 0.717) is 6.04 Å². The van der Waals surface area contributed by atoms with Crippen molar-refractivity contribution in [3.05, 3.63) is 0 Å². The number of piperidine rings is 1. The van der Waals surface area contributed by atoms with Crippen molar-refractivity contribution in [3.8, 4) is 0 Å². The predicted octanol–water partition coefficient (Wildman–Crippen LogP) is -0.312. The number of likely N-dealkylation sites (tertiary alicyclic amines) is 1. The Hall–Kier alpha value is -0.610. The molecule has 2 heterocycles. The number of amides is 1. The molecule has 80 valence electrons. The van der Waals surface area contributed by atoms with Gasteiger partial charge in [0.2, 0.25) is 5.91 Å². The molecule has 2 rings (SSSR count). The number of primary amides is 1. The van der Waals surface area contributed by atoms with Gasteiger partial charge in [-0.25, -0.2) is 0 Å². The Morgan fingerprint density at radius 1 is 1.29 bits per heavy atom. The molecule has 0 aromatic rings. The Balaban J connectivity index is 1.97. The van der Waals surface area contributed by atoms with Crippen molar-refractivity contribution in [2.24, 2.45) is 5.73 Å². The highest BCUT2D eigenvalue weighted by Gasteiger charge is 2.34. The van der Waals surface area contributed by atoms with Gasteiger partial charge < -0.3 is 11.1 Å². The zero-order valence-electron chi connectivity index (χ0n) is 8.54. The normalized spacial score (nSPS) is 30.7. The predicted molar refractivity (Wildman–Crippen MR) is 54.8 cm³/mol. The van der Waals surface area contributed by atoms with Crippen molar-refractivity contribution in [2.75, 3.05) is 19.6 Å². The second-order valence-corrected chi connectivity index (χ2v) is 4.28. The first-order valence-electron chi connectivity index (χ1n) is 5.55. The number of nitrogens with two attached hydrogens (primary N) is 1. The van der Waals surface area contributed by atoms with Gasteiger partial charge in [-0.05, 0) is 45.3 Å². The highest BCUT2D eigenvalue weighted by Crippen LogP contribution is 2.23. The molecule has 4 heteroatoms. The molecular weight excluding hydrogens is 178 g/mol. The maximum absolute atomic E-state index is 11.2. The average Bonchev–Trinajstić information content (AvgIpc) is 2.67. The molecule has 0 aliphatic carbocycles. The molecule has 4 nitrogen and oxygen atoms in total. The summed E-state index contributed by atoms with van der Waals surface area (Å²) in [5.74, 6) is -0.138. The number of hydrogen-bond donors (Lipinski definition) is 2. The van der Waals surface area contributed by atoms with Crippen LogP contribution in [-0.4, -0.2) is 42.5 Å². The smallest absolute Gasteiger partial charge is 0.234 e. The van der Waals surface area contributed by atoms with Gasteiger partial charge >= 0.3 is 0 Å². The van der Waals surface area contributed by atoms with Crippen molar-refractivity contribution in [3.63, 3.8) is 0 Å². The van der Waals surface area contributed by atoms with Crippen molar-refractivity contribution in [1.29, 1.82) is 0 Å². The quantitative estimate of drug-likeness (QED) is 0.638. The number of rotatable bonds is 2. The summed E-state index contributed by atoms with van der Waals surface area (Å²) in [6.07, 6.45) is 4.39. The van der Waals surface area contributed by atoms with Crippen molar-refractivity contribution >= 4 is 5.91 Å². The lowest BCUT2D eigenvalue weighted by Gasteiger charge is -2.34. The van der Waals surface area contributed by atoms with Gasteiger partial charge in [0.1, 0.15) is 0 Å². The summed E-state index contributed by atoms with van der Waals surface area (Å²) in [5, 5.41) is 3.34. The van der Waals surface area contributed by atoms with Crippen LogP contribution in [0.3, 0.4) is 0 Å². The fraction of sp³-hybridized carbons (Fsp3) is 0.900. The molecule has 0 unspecified atom stereocenters. The maximum atomic E-state index is 11.2. The lowest BCUT2D eigenvalue weighted by molar-refractivity contribution is -0.123. The summed E-state index contributed by atoms with van der Waals surface area (Å²) in [7, 11) is 0. The van der Waals surface area contributed by atoms with Crippen LogP contribution in [0.5, 0.6) is 0 Å². The summed E-state index contributed by atoms with van der Waals surface area (Å²) in [5.41, 5.74) is 5.40. The highest BCUT2D eigenvalue weighted by atomic mass is 16.1. The Morgan fingerprint density at radius 2 is 2.00 bits per heavy atom. The van der Waals surface area contributed by atoms with Gasteiger partial charge in [0.05, 0.1) is 6.04 Å². The van der Waals surface area contributed by atoms with Crippen LogP contribution >= 0.6 is 0 Å². The molecule has 0 radical (unpaired) electrons. The third-order valence-corrected chi connectivity index (χ3v) is 3.40. The van der Waals surface area contributed by atoms with E-state index in [2.05, 4.69) is 10.2 Å². The van der Waals surface area contributed by atoms with Crippen LogP contribution in [0.1, 0.15) is 25.7 Å². The van der Waals surface area contributed by atoms with E-state index in [0.717, 1.165) is 45.3 Å². The SMILES string of the molecule is NC(=O)[C@@H]1CCCN1C1CCNCC1. The molecule has 2 fully saturated rings. The van der Waals surface area contributed by atoms with Crippen LogP contribution in [0.15, 0.2) is 0 Å². The zero-order valence-corrected chi connectivity index (χ0v) is 8.54. The van der Waals surface area contributed by atoms with Gasteiger partial charge in [-0.1, -0.05) is 0 Å². The molecule has 0 aromatic carbocycles. The minimum Gasteiger partial charge on any atom is -0.368 e. The van der Waals surface area contributed by atoms with Crippen molar-refractivity contribution in [2.45, 2.75) is 37.8 Å². The van der Waals surface area contributed by atoms with E-state index in [1.165, 1.54) is 0 Å². The fourth-order valence-corrected chi connectivity index (χ4v) is 2.67. The molecule has 0 aromatic heterocycles. The number of hydrogen-bond acceptors (Lipinski definition) is 3. The van der Waals surface area contributed by atoms with Gasteiger partial charge in [-0.15, -0.1) is 0 Å². The molecule has 2 aliphatic heterocycles. The standard InChI is InChI=1S/C10H19N3O/c11-10(14)9-2-1-7-13(9)8-3-5-12-6-4-8/h8-9,12H,1-7H2,(H2,11,14)/t9-/m0/s1. The summed E-state index contributed by atoms with van der Waals surface area (Å²) < 4.78 is 0. The minimum atomic E-state index is -0.138.